The number of urea groups is 1. The summed E-state index contributed by atoms with van der Waals surface area (Å²) in [6.45, 7) is 24.0. The number of likely N-dealkylation sites (tertiary alicyclic amines) is 7. The van der Waals surface area contributed by atoms with Gasteiger partial charge in [0.15, 0.2) is 17.2 Å². The summed E-state index contributed by atoms with van der Waals surface area (Å²) in [5.74, 6) is 4.35. The summed E-state index contributed by atoms with van der Waals surface area (Å²) in [6, 6.07) is 21.8. The molecule has 0 saturated carbocycles. The number of fused-ring (bicyclic) bond motifs is 6. The number of aromatic hydroxyl groups is 2. The highest BCUT2D eigenvalue weighted by Gasteiger charge is 2.50. The standard InChI is InChI=1S/C106H134N24O13/c1-9-67-19-20-81(107-53-67)86(63-131)114-101(136)89-49-77(62-130(89)103(138)97(106(5,6)7)115-105(139)126-40-29-74(30-41-126)124-36-23-70(24-37-124)71-55-111-104(112-56-71)127-42-31-82-96(66(127)4)80-50-83(116-118-98(80)113-82)78-15-11-13-17-90(78)133)142-64-65(3)95(102(137)129-61-76(132)48-88(129)100(135)110-58-85-92(140-8)47-68(10-2)54-108-85)93-52-94(120-143-93)141-46-45-121-32-25-72(26-33-121)125-38-27-73(28-39-125)123-34-21-69(22-35-123)59-122-43-44-128-75(60-122)57-109-99-87(128)51-84(117-119-99)79-16-12-14-18-91(79)134/h1-2,11-20,47,50-56,65-66,69-70,72-77,86,88-89,95,97,131-134H,21-46,48-49,57-64H2,3-8H3,(H,109,119)(H,110,135)(H,113,118)(H,114,136)(H,115,139)/t65?,66-,75+,76-,77-,86+,88+,89+,95?,97-/m1/s1. The minimum Gasteiger partial charge on any atom is -0.507 e. The molecule has 0 bridgehead atoms. The zero-order valence-electron chi connectivity index (χ0n) is 82.6. The summed E-state index contributed by atoms with van der Waals surface area (Å²) in [4.78, 5) is 121. The number of pyridine rings is 2. The number of terminal acetylenes is 2. The first kappa shape index (κ1) is 99.0. The second-order valence-electron chi connectivity index (χ2n) is 41.6. The molecule has 0 spiro atoms. The van der Waals surface area contributed by atoms with E-state index in [4.69, 9.17) is 41.5 Å². The molecule has 10 aliphatic heterocycles. The topological polar surface area (TPSA) is 419 Å². The van der Waals surface area contributed by atoms with Crippen LogP contribution in [-0.2, 0) is 36.9 Å². The van der Waals surface area contributed by atoms with Gasteiger partial charge in [-0.2, -0.15) is 0 Å². The predicted octanol–water partition coefficient (Wildman–Crippen LogP) is 8.09. The molecule has 6 amide bonds. The van der Waals surface area contributed by atoms with Crippen molar-refractivity contribution < 1.29 is 63.1 Å². The third-order valence-corrected chi connectivity index (χ3v) is 31.7. The third-order valence-electron chi connectivity index (χ3n) is 31.7. The number of H-pyrrole nitrogens is 1. The minimum absolute atomic E-state index is 0.0296. The summed E-state index contributed by atoms with van der Waals surface area (Å²) in [5.41, 5.74) is 8.48. The Balaban J connectivity index is 0.467. The molecule has 17 heterocycles. The van der Waals surface area contributed by atoms with Crippen molar-refractivity contribution >= 4 is 58.1 Å². The number of aromatic nitrogens is 10. The first-order valence-electron chi connectivity index (χ1n) is 51.1. The Morgan fingerprint density at radius 3 is 1.97 bits per heavy atom. The van der Waals surface area contributed by atoms with Gasteiger partial charge in [-0.1, -0.05) is 63.8 Å². The maximum Gasteiger partial charge on any atom is 0.318 e. The van der Waals surface area contributed by atoms with Gasteiger partial charge in [-0.25, -0.2) is 14.8 Å². The number of para-hydroxylation sites is 2. The largest absolute Gasteiger partial charge is 0.507 e. The number of nitrogens with zero attached hydrogens (tertiary/aromatic N) is 19. The third kappa shape index (κ3) is 22.0. The number of ether oxygens (including phenoxy) is 3. The predicted molar refractivity (Wildman–Crippen MR) is 537 cm³/mol. The molecule has 10 atom stereocenters. The van der Waals surface area contributed by atoms with E-state index in [2.05, 4.69) is 121 Å². The normalized spacial score (nSPS) is 22.7. The number of piperidine rings is 5. The zero-order chi connectivity index (χ0) is 99.3. The highest BCUT2D eigenvalue weighted by Crippen LogP contribution is 2.44. The van der Waals surface area contributed by atoms with Gasteiger partial charge in [-0.05, 0) is 212 Å². The van der Waals surface area contributed by atoms with Crippen LogP contribution in [0.1, 0.15) is 181 Å². The van der Waals surface area contributed by atoms with Crippen molar-refractivity contribution in [2.75, 3.05) is 166 Å². The Morgan fingerprint density at radius 1 is 0.650 bits per heavy atom. The summed E-state index contributed by atoms with van der Waals surface area (Å²) < 4.78 is 24.9. The van der Waals surface area contributed by atoms with E-state index in [-0.39, 0.29) is 80.2 Å². The summed E-state index contributed by atoms with van der Waals surface area (Å²) in [7, 11) is 1.47. The van der Waals surface area contributed by atoms with Gasteiger partial charge in [-0.15, -0.1) is 33.2 Å². The van der Waals surface area contributed by atoms with Crippen LogP contribution in [0.25, 0.3) is 33.5 Å². The molecular formula is C106H134N24O13. The summed E-state index contributed by atoms with van der Waals surface area (Å²) in [5, 5.41) is 79.3. The van der Waals surface area contributed by atoms with Crippen molar-refractivity contribution in [3.05, 3.63) is 155 Å². The fraction of sp³-hybridized carbons (Fsp3) is 0.547. The number of phenols is 2. The number of hydrogen-bond donors (Lipinski definition) is 9. The number of benzene rings is 2. The van der Waals surface area contributed by atoms with Crippen LogP contribution in [-0.4, -0.2) is 346 Å². The molecule has 10 aliphatic rings. The van der Waals surface area contributed by atoms with Crippen molar-refractivity contribution in [3.8, 4) is 70.3 Å². The number of rotatable bonds is 29. The number of aliphatic hydroxyl groups excluding tert-OH is 2. The van der Waals surface area contributed by atoms with Gasteiger partial charge in [0, 0.05) is 179 Å². The molecule has 37 nitrogen and oxygen atoms in total. The van der Waals surface area contributed by atoms with Gasteiger partial charge >= 0.3 is 6.03 Å². The highest BCUT2D eigenvalue weighted by atomic mass is 16.5. The SMILES string of the molecule is C#Cc1ccc([C@H](CO)NC(=O)[C@@H]2C[C@@H](OCC(C)C(C(=O)N3C[C@H](O)C[C@H]3C(=O)NCc3ncc(C#C)cc3OC)c3cc(OCCN4CCC(N5CCC(N6CCC(CN7CCN8c9cc(-c%10ccccc%10O)nnc9NC[C@H]8C7)CC6)CC5)CC4)no3)CN2C(=O)[C@@H](NC(=O)N2CCC(N3CCC(c4cnc(N5CCc6[nH]c7nnc(-c8ccccc8O)cc7c6[C@H]5C)nc4)CC3)CC2)C(C)(C)C)nc1. The number of piperazine rings is 1. The van der Waals surface area contributed by atoms with E-state index in [0.29, 0.717) is 113 Å². The lowest BCUT2D eigenvalue weighted by molar-refractivity contribution is -0.142. The van der Waals surface area contributed by atoms with Crippen LogP contribution >= 0.6 is 0 Å². The molecule has 8 saturated heterocycles. The monoisotopic (exact) mass is 1950 g/mol. The number of carbonyl (C=O) groups excluding carboxylic acids is 5. The number of anilines is 3. The van der Waals surface area contributed by atoms with Crippen LogP contribution in [0.4, 0.5) is 22.2 Å². The van der Waals surface area contributed by atoms with Gasteiger partial charge in [0.2, 0.25) is 29.6 Å². The smallest absolute Gasteiger partial charge is 0.318 e. The number of aliphatic hydroxyl groups is 2. The molecule has 756 valence electrons. The average Bonchev–Trinajstić information content (AvgIpc) is 1.37. The van der Waals surface area contributed by atoms with E-state index in [1.807, 2.05) is 69.6 Å². The first-order chi connectivity index (χ1) is 69.4. The molecule has 2 aromatic carbocycles. The Labute approximate surface area is 834 Å². The van der Waals surface area contributed by atoms with Crippen LogP contribution in [0.3, 0.4) is 0 Å². The van der Waals surface area contributed by atoms with Crippen molar-refractivity contribution in [2.24, 2.45) is 17.3 Å². The van der Waals surface area contributed by atoms with Gasteiger partial charge in [0.05, 0.1) is 80.0 Å². The molecule has 0 aliphatic carbocycles. The molecular weight excluding hydrogens is 1820 g/mol. The van der Waals surface area contributed by atoms with Crippen LogP contribution < -0.4 is 40.5 Å². The molecule has 0 radical (unpaired) electrons. The molecule has 19 rings (SSSR count). The number of phenolic OH excluding ortho intramolecular Hbond substituents is 2. The van der Waals surface area contributed by atoms with E-state index < -0.39 is 89.9 Å². The number of nitrogens with one attached hydrogen (secondary N) is 5. The minimum atomic E-state index is -1.19. The van der Waals surface area contributed by atoms with Crippen LogP contribution in [0.2, 0.25) is 0 Å². The molecule has 9 N–H and O–H groups in total. The Kier molecular flexibility index (Phi) is 30.4. The Morgan fingerprint density at radius 2 is 1.30 bits per heavy atom. The van der Waals surface area contributed by atoms with E-state index >= 15 is 14.4 Å². The Hall–Kier alpha value is -12.7. The van der Waals surface area contributed by atoms with Crippen molar-refractivity contribution in [1.29, 1.82) is 0 Å². The van der Waals surface area contributed by atoms with E-state index in [1.165, 1.54) is 55.0 Å². The average molecular weight is 1950 g/mol. The van der Waals surface area contributed by atoms with Crippen molar-refractivity contribution in [3.63, 3.8) is 0 Å². The van der Waals surface area contributed by atoms with E-state index in [0.717, 1.165) is 170 Å². The van der Waals surface area contributed by atoms with Gasteiger partial charge < -0.3 is 105 Å². The second-order valence-corrected chi connectivity index (χ2v) is 41.6. The Bertz CT molecular complexity index is 6070. The summed E-state index contributed by atoms with van der Waals surface area (Å²) >= 11 is 0. The lowest BCUT2D eigenvalue weighted by Crippen LogP contribution is -2.60. The molecule has 8 fully saturated rings. The maximum absolute atomic E-state index is 15.7. The highest BCUT2D eigenvalue weighted by molar-refractivity contribution is 5.94. The molecule has 143 heavy (non-hydrogen) atoms. The quantitative estimate of drug-likeness (QED) is 0.0200. The maximum atomic E-state index is 15.7. The number of aromatic amines is 1. The number of hydrogen-bond acceptors (Lipinski definition) is 30. The number of β-amino-alcohol motifs (C(OH)–C–C–N with tert-alkyl or cyclic N) is 1. The number of amides is 6. The van der Waals surface area contributed by atoms with Crippen molar-refractivity contribution in [2.45, 2.75) is 203 Å². The summed E-state index contributed by atoms with van der Waals surface area (Å²) in [6.07, 6.45) is 27.3. The lowest BCUT2D eigenvalue weighted by atomic mass is 9.85. The number of carbonyl (C=O) groups is 5. The van der Waals surface area contributed by atoms with Crippen LogP contribution in [0.5, 0.6) is 23.1 Å². The van der Waals surface area contributed by atoms with Gasteiger partial charge in [-0.3, -0.25) is 38.9 Å². The molecule has 2 unspecified atom stereocenters. The van der Waals surface area contributed by atoms with E-state index in [9.17, 15) is 30.0 Å². The molecule has 9 aromatic rings. The molecule has 7 aromatic heterocycles. The fourth-order valence-electron chi connectivity index (χ4n) is 23.5. The fourth-order valence-corrected chi connectivity index (χ4v) is 23.5. The lowest BCUT2D eigenvalue weighted by Gasteiger charge is -2.47. The van der Waals surface area contributed by atoms with E-state index in [1.54, 1.807) is 54.3 Å². The molecule has 37 heteroatoms. The van der Waals surface area contributed by atoms with Crippen LogP contribution in [0.15, 0.2) is 114 Å². The van der Waals surface area contributed by atoms with Gasteiger partial charge in [0.25, 0.3) is 5.88 Å². The first-order valence-corrected chi connectivity index (χ1v) is 51.1. The second kappa shape index (κ2) is 43.8. The van der Waals surface area contributed by atoms with Crippen molar-refractivity contribution in [1.82, 2.24) is 106 Å². The number of methoxy groups -OCH3 is 1. The van der Waals surface area contributed by atoms with Gasteiger partial charge in [0.1, 0.15) is 53.6 Å². The zero-order valence-corrected chi connectivity index (χ0v) is 82.6. The van der Waals surface area contributed by atoms with Crippen LogP contribution in [0, 0.1) is 41.9 Å².